The van der Waals surface area contributed by atoms with Gasteiger partial charge in [0.25, 0.3) is 0 Å². The standard InChI is InChI=1S/C40H56N4.2ClH/c1-33-31-37-35-23-15-17-25-39(35)43(33)29-21-13-9-5-6-10-14-22-30-44-34(2)32-38(36-24-16-18-26-40(36)44)42-28-20-12-8-4-3-7-11-19-27-41-37;;/h15-18,23-26,31-32H,3-14,19-22,27-30H2,1-2H3;2*1H. The van der Waals surface area contributed by atoms with Crippen LogP contribution in [-0.4, -0.2) is 13.1 Å². The summed E-state index contributed by atoms with van der Waals surface area (Å²) in [5.41, 5.74) is 8.11. The second-order valence-electron chi connectivity index (χ2n) is 13.2. The highest BCUT2D eigenvalue weighted by Gasteiger charge is 2.17. The maximum absolute atomic E-state index is 3.79. The summed E-state index contributed by atoms with van der Waals surface area (Å²) in [7, 11) is 0. The molecule has 2 N–H and O–H groups in total. The van der Waals surface area contributed by atoms with E-state index in [9.17, 15) is 0 Å². The average molecular weight is 666 g/mol. The number of benzene rings is 2. The van der Waals surface area contributed by atoms with E-state index in [0.717, 1.165) is 26.2 Å². The fraction of sp³-hybridized carbons (Fsp3) is 0.550. The Hall–Kier alpha value is -2.56. The third-order valence-electron chi connectivity index (χ3n) is 9.78. The number of hydrogen-bond donors (Lipinski definition) is 2. The van der Waals surface area contributed by atoms with Crippen molar-refractivity contribution < 1.29 is 33.9 Å². The van der Waals surface area contributed by atoms with E-state index in [4.69, 9.17) is 0 Å². The molecule has 2 aliphatic rings. The molecule has 0 unspecified atom stereocenters. The molecule has 0 fully saturated rings. The number of aromatic nitrogens is 2. The number of nitrogens with one attached hydrogen (secondary N) is 2. The van der Waals surface area contributed by atoms with Crippen LogP contribution >= 0.6 is 0 Å². The molecule has 0 atom stereocenters. The van der Waals surface area contributed by atoms with Gasteiger partial charge in [-0.25, -0.2) is 0 Å². The van der Waals surface area contributed by atoms with Gasteiger partial charge in [-0.1, -0.05) is 88.5 Å². The summed E-state index contributed by atoms with van der Waals surface area (Å²) >= 11 is 0. The van der Waals surface area contributed by atoms with Crippen molar-refractivity contribution in [3.8, 4) is 0 Å². The van der Waals surface area contributed by atoms with Crippen molar-refractivity contribution in [1.29, 1.82) is 0 Å². The van der Waals surface area contributed by atoms with E-state index in [0.29, 0.717) is 0 Å². The molecule has 4 bridgehead atoms. The van der Waals surface area contributed by atoms with Crippen molar-refractivity contribution in [3.63, 3.8) is 0 Å². The molecule has 2 aromatic carbocycles. The SMILES string of the molecule is Cc1cc2c3ccccc3[n+]1CCCCCCCCCC[n+]1c(C)cc(c3ccccc31)NCCCCCCCCCCN2.[Cl-].[Cl-]. The maximum Gasteiger partial charge on any atom is 0.214 e. The maximum atomic E-state index is 3.79. The first-order valence-electron chi connectivity index (χ1n) is 18.0. The summed E-state index contributed by atoms with van der Waals surface area (Å²) in [6.45, 7) is 8.93. The zero-order chi connectivity index (χ0) is 30.4. The number of nitrogens with zero attached hydrogens (tertiary/aromatic N) is 2. The lowest BCUT2D eigenvalue weighted by atomic mass is 10.1. The van der Waals surface area contributed by atoms with E-state index in [1.54, 1.807) is 0 Å². The molecule has 2 aliphatic heterocycles. The molecule has 6 rings (SSSR count). The minimum absolute atomic E-state index is 0. The van der Waals surface area contributed by atoms with Gasteiger partial charge in [0.2, 0.25) is 11.0 Å². The summed E-state index contributed by atoms with van der Waals surface area (Å²) in [6.07, 6.45) is 21.2. The molecule has 4 heterocycles. The third kappa shape index (κ3) is 10.7. The van der Waals surface area contributed by atoms with Crippen molar-refractivity contribution in [1.82, 2.24) is 0 Å². The first-order chi connectivity index (χ1) is 21.7. The number of aryl methyl sites for hydroxylation is 4. The quantitative estimate of drug-likeness (QED) is 0.279. The number of pyridine rings is 2. The first-order valence-corrected chi connectivity index (χ1v) is 18.0. The van der Waals surface area contributed by atoms with Crippen LogP contribution in [0.5, 0.6) is 0 Å². The zero-order valence-electron chi connectivity index (χ0n) is 28.6. The minimum atomic E-state index is 0. The second-order valence-corrected chi connectivity index (χ2v) is 13.2. The molecule has 0 saturated heterocycles. The van der Waals surface area contributed by atoms with Crippen molar-refractivity contribution in [2.75, 3.05) is 23.7 Å². The monoisotopic (exact) mass is 664 g/mol. The molecule has 4 aromatic rings. The van der Waals surface area contributed by atoms with Gasteiger partial charge in [0.15, 0.2) is 11.4 Å². The molecule has 46 heavy (non-hydrogen) atoms. The van der Waals surface area contributed by atoms with Crippen LogP contribution in [-0.2, 0) is 13.1 Å². The van der Waals surface area contributed by atoms with Crippen molar-refractivity contribution >= 4 is 33.2 Å². The Bertz CT molecular complexity index is 1360. The van der Waals surface area contributed by atoms with Crippen LogP contribution in [0.3, 0.4) is 0 Å². The highest BCUT2D eigenvalue weighted by molar-refractivity contribution is 5.90. The molecule has 6 heteroatoms. The van der Waals surface area contributed by atoms with Crippen LogP contribution in [0.2, 0.25) is 0 Å². The van der Waals surface area contributed by atoms with Gasteiger partial charge in [0.1, 0.15) is 13.1 Å². The van der Waals surface area contributed by atoms with Crippen LogP contribution in [0.1, 0.15) is 114 Å². The Morgan fingerprint density at radius 2 is 0.761 bits per heavy atom. The topological polar surface area (TPSA) is 31.8 Å². The molecule has 0 saturated carbocycles. The predicted octanol–water partition coefficient (Wildman–Crippen LogP) is 3.97. The van der Waals surface area contributed by atoms with E-state index in [2.05, 4.69) is 94.3 Å². The molecular weight excluding hydrogens is 607 g/mol. The normalized spacial score (nSPS) is 16.9. The Labute approximate surface area is 291 Å². The van der Waals surface area contributed by atoms with E-state index in [1.807, 2.05) is 0 Å². The minimum Gasteiger partial charge on any atom is -1.00 e. The van der Waals surface area contributed by atoms with Crippen LogP contribution in [0.4, 0.5) is 11.4 Å². The molecule has 2 aromatic heterocycles. The fourth-order valence-electron chi connectivity index (χ4n) is 7.23. The van der Waals surface area contributed by atoms with E-state index < -0.39 is 0 Å². The highest BCUT2D eigenvalue weighted by atomic mass is 35.5. The number of anilines is 2. The number of fused-ring (bicyclic) bond motifs is 22. The van der Waals surface area contributed by atoms with E-state index in [-0.39, 0.29) is 24.8 Å². The van der Waals surface area contributed by atoms with Crippen LogP contribution in [0, 0.1) is 13.8 Å². The van der Waals surface area contributed by atoms with Gasteiger partial charge in [0, 0.05) is 64.0 Å². The van der Waals surface area contributed by atoms with Gasteiger partial charge in [-0.2, -0.15) is 9.13 Å². The lowest BCUT2D eigenvalue weighted by Crippen LogP contribution is -3.00. The van der Waals surface area contributed by atoms with E-state index in [1.165, 1.54) is 147 Å². The van der Waals surface area contributed by atoms with Crippen molar-refractivity contribution in [2.45, 2.75) is 130 Å². The van der Waals surface area contributed by atoms with Gasteiger partial charge in [-0.15, -0.1) is 0 Å². The lowest BCUT2D eigenvalue weighted by Gasteiger charge is -2.12. The summed E-state index contributed by atoms with van der Waals surface area (Å²) in [5, 5.41) is 10.3. The van der Waals surface area contributed by atoms with Gasteiger partial charge < -0.3 is 35.4 Å². The summed E-state index contributed by atoms with van der Waals surface area (Å²) in [6, 6.07) is 22.7. The summed E-state index contributed by atoms with van der Waals surface area (Å²) in [5.74, 6) is 0. The number of halogens is 2. The zero-order valence-corrected chi connectivity index (χ0v) is 30.1. The van der Waals surface area contributed by atoms with Crippen LogP contribution in [0.25, 0.3) is 21.8 Å². The Kier molecular flexibility index (Phi) is 17.0. The largest absolute Gasteiger partial charge is 1.00 e. The Balaban J connectivity index is 0.00000288. The molecular formula is C40H58Cl2N4. The smallest absolute Gasteiger partial charge is 0.214 e. The van der Waals surface area contributed by atoms with Gasteiger partial charge in [0.05, 0.1) is 22.1 Å². The van der Waals surface area contributed by atoms with Gasteiger partial charge in [-0.05, 0) is 37.8 Å². The van der Waals surface area contributed by atoms with Crippen molar-refractivity contribution in [2.24, 2.45) is 0 Å². The van der Waals surface area contributed by atoms with Crippen LogP contribution in [0.15, 0.2) is 60.7 Å². The molecule has 0 radical (unpaired) electrons. The predicted molar refractivity (Wildman–Crippen MR) is 189 cm³/mol. The highest BCUT2D eigenvalue weighted by Crippen LogP contribution is 2.24. The lowest BCUT2D eigenvalue weighted by molar-refractivity contribution is -0.678. The average Bonchev–Trinajstić information content (AvgIpc) is 3.04. The molecule has 0 aliphatic carbocycles. The van der Waals surface area contributed by atoms with Crippen molar-refractivity contribution in [3.05, 3.63) is 72.1 Å². The molecule has 4 nitrogen and oxygen atoms in total. The molecule has 252 valence electrons. The summed E-state index contributed by atoms with van der Waals surface area (Å²) in [4.78, 5) is 0. The second kappa shape index (κ2) is 20.6. The van der Waals surface area contributed by atoms with Gasteiger partial charge in [-0.3, -0.25) is 0 Å². The Morgan fingerprint density at radius 1 is 0.435 bits per heavy atom. The Morgan fingerprint density at radius 3 is 1.15 bits per heavy atom. The van der Waals surface area contributed by atoms with E-state index >= 15 is 0 Å². The van der Waals surface area contributed by atoms with Gasteiger partial charge >= 0.3 is 0 Å². The molecule has 0 spiro atoms. The first kappa shape index (κ1) is 37.9. The summed E-state index contributed by atoms with van der Waals surface area (Å²) < 4.78 is 5.09. The number of hydrogen-bond acceptors (Lipinski definition) is 2. The number of para-hydroxylation sites is 2. The fourth-order valence-corrected chi connectivity index (χ4v) is 7.23. The number of rotatable bonds is 0. The third-order valence-corrected chi connectivity index (χ3v) is 9.78. The molecule has 0 amide bonds. The van der Waals surface area contributed by atoms with Crippen LogP contribution < -0.4 is 44.6 Å².